The summed E-state index contributed by atoms with van der Waals surface area (Å²) < 4.78 is 5.25. The summed E-state index contributed by atoms with van der Waals surface area (Å²) in [7, 11) is 1.58. The van der Waals surface area contributed by atoms with Gasteiger partial charge in [-0.1, -0.05) is 24.3 Å². The molecular formula is C12H15NO2. The smallest absolute Gasteiger partial charge is 0.407 e. The van der Waals surface area contributed by atoms with Gasteiger partial charge in [-0.05, 0) is 24.0 Å². The topological polar surface area (TPSA) is 38.3 Å². The Morgan fingerprint density at radius 2 is 2.13 bits per heavy atom. The fraction of sp³-hybridized carbons (Fsp3) is 0.417. The van der Waals surface area contributed by atoms with Crippen molar-refractivity contribution in [2.75, 3.05) is 7.05 Å². The van der Waals surface area contributed by atoms with E-state index in [1.807, 2.05) is 6.07 Å². The maximum Gasteiger partial charge on any atom is 0.407 e. The molecule has 0 radical (unpaired) electrons. The van der Waals surface area contributed by atoms with Crippen LogP contribution in [0.1, 0.15) is 17.5 Å². The summed E-state index contributed by atoms with van der Waals surface area (Å²) in [6.07, 6.45) is 2.45. The summed E-state index contributed by atoms with van der Waals surface area (Å²) in [4.78, 5) is 11.1. The van der Waals surface area contributed by atoms with Crippen LogP contribution in [-0.2, 0) is 17.6 Å². The average Bonchev–Trinajstić information content (AvgIpc) is 2.29. The van der Waals surface area contributed by atoms with Crippen LogP contribution in [0.5, 0.6) is 0 Å². The van der Waals surface area contributed by atoms with Crippen molar-refractivity contribution in [2.45, 2.75) is 25.4 Å². The van der Waals surface area contributed by atoms with Crippen LogP contribution in [0.4, 0.5) is 4.79 Å². The second-order valence-electron chi connectivity index (χ2n) is 3.79. The van der Waals surface area contributed by atoms with Crippen molar-refractivity contribution in [3.8, 4) is 0 Å². The van der Waals surface area contributed by atoms with Crippen LogP contribution in [0.2, 0.25) is 0 Å². The van der Waals surface area contributed by atoms with Gasteiger partial charge in [-0.15, -0.1) is 0 Å². The van der Waals surface area contributed by atoms with E-state index in [0.29, 0.717) is 0 Å². The molecule has 15 heavy (non-hydrogen) atoms. The maximum atomic E-state index is 11.1. The quantitative estimate of drug-likeness (QED) is 0.760. The zero-order chi connectivity index (χ0) is 10.7. The molecule has 1 aromatic carbocycles. The van der Waals surface area contributed by atoms with Crippen LogP contribution in [0.25, 0.3) is 0 Å². The van der Waals surface area contributed by atoms with Crippen molar-refractivity contribution in [2.24, 2.45) is 0 Å². The van der Waals surface area contributed by atoms with E-state index in [2.05, 4.69) is 23.5 Å². The van der Waals surface area contributed by atoms with Gasteiger partial charge in [0.25, 0.3) is 0 Å². The predicted octanol–water partition coefficient (Wildman–Crippen LogP) is 1.90. The first-order chi connectivity index (χ1) is 7.29. The molecule has 3 heteroatoms. The highest BCUT2D eigenvalue weighted by atomic mass is 16.6. The van der Waals surface area contributed by atoms with Crippen molar-refractivity contribution in [3.05, 3.63) is 35.4 Å². The number of fused-ring (bicyclic) bond motifs is 1. The molecule has 1 aliphatic carbocycles. The number of hydrogen-bond donors (Lipinski definition) is 1. The van der Waals surface area contributed by atoms with Crippen LogP contribution in [-0.4, -0.2) is 19.2 Å². The molecular weight excluding hydrogens is 190 g/mol. The Labute approximate surface area is 89.4 Å². The number of carbonyl (C=O) groups is 1. The zero-order valence-electron chi connectivity index (χ0n) is 8.82. The van der Waals surface area contributed by atoms with E-state index in [0.717, 1.165) is 19.3 Å². The van der Waals surface area contributed by atoms with E-state index < -0.39 is 0 Å². The van der Waals surface area contributed by atoms with Crippen molar-refractivity contribution in [1.29, 1.82) is 0 Å². The van der Waals surface area contributed by atoms with Crippen molar-refractivity contribution < 1.29 is 9.53 Å². The molecule has 0 saturated carbocycles. The number of aryl methyl sites for hydroxylation is 1. The van der Waals surface area contributed by atoms with E-state index in [-0.39, 0.29) is 12.2 Å². The van der Waals surface area contributed by atoms with Gasteiger partial charge in [-0.25, -0.2) is 4.79 Å². The molecule has 1 amide bonds. The second-order valence-corrected chi connectivity index (χ2v) is 3.79. The number of carbonyl (C=O) groups excluding carboxylic acids is 1. The Morgan fingerprint density at radius 1 is 1.40 bits per heavy atom. The van der Waals surface area contributed by atoms with E-state index in [9.17, 15) is 4.79 Å². The number of hydrogen-bond acceptors (Lipinski definition) is 2. The molecule has 3 nitrogen and oxygen atoms in total. The fourth-order valence-electron chi connectivity index (χ4n) is 1.98. The van der Waals surface area contributed by atoms with E-state index in [4.69, 9.17) is 4.74 Å². The largest absolute Gasteiger partial charge is 0.446 e. The third-order valence-electron chi connectivity index (χ3n) is 2.78. The van der Waals surface area contributed by atoms with Gasteiger partial charge in [0.2, 0.25) is 0 Å². The second kappa shape index (κ2) is 4.34. The molecule has 1 N–H and O–H groups in total. The first-order valence-electron chi connectivity index (χ1n) is 5.24. The molecule has 0 aromatic heterocycles. The number of benzene rings is 1. The van der Waals surface area contributed by atoms with Gasteiger partial charge in [0, 0.05) is 13.5 Å². The maximum absolute atomic E-state index is 11.1. The number of amides is 1. The number of rotatable bonds is 1. The highest BCUT2D eigenvalue weighted by molar-refractivity contribution is 5.66. The van der Waals surface area contributed by atoms with Gasteiger partial charge in [-0.2, -0.15) is 0 Å². The first-order valence-corrected chi connectivity index (χ1v) is 5.24. The Morgan fingerprint density at radius 3 is 2.87 bits per heavy atom. The Kier molecular flexibility index (Phi) is 2.90. The molecule has 1 unspecified atom stereocenters. The minimum Gasteiger partial charge on any atom is -0.446 e. The van der Waals surface area contributed by atoms with E-state index in [1.54, 1.807) is 7.05 Å². The van der Waals surface area contributed by atoms with Crippen LogP contribution in [0.15, 0.2) is 24.3 Å². The normalized spacial score (nSPS) is 19.1. The van der Waals surface area contributed by atoms with Crippen molar-refractivity contribution in [1.82, 2.24) is 5.32 Å². The number of alkyl carbamates (subject to hydrolysis) is 1. The van der Waals surface area contributed by atoms with E-state index >= 15 is 0 Å². The lowest BCUT2D eigenvalue weighted by atomic mass is 9.90. The molecule has 0 spiro atoms. The minimum absolute atomic E-state index is 0.0276. The van der Waals surface area contributed by atoms with Gasteiger partial charge < -0.3 is 10.1 Å². The third-order valence-corrected chi connectivity index (χ3v) is 2.78. The monoisotopic (exact) mass is 205 g/mol. The summed E-state index contributed by atoms with van der Waals surface area (Å²) >= 11 is 0. The van der Waals surface area contributed by atoms with Crippen LogP contribution in [0, 0.1) is 0 Å². The number of ether oxygens (including phenoxy) is 1. The molecule has 0 saturated heterocycles. The standard InChI is InChI=1S/C12H15NO2/c1-13-12(14)15-11-7-6-9-4-2-3-5-10(9)8-11/h2-5,11H,6-8H2,1H3,(H,13,14). The first kappa shape index (κ1) is 10.0. The van der Waals surface area contributed by atoms with Gasteiger partial charge in [0.1, 0.15) is 6.10 Å². The van der Waals surface area contributed by atoms with Crippen molar-refractivity contribution >= 4 is 6.09 Å². The molecule has 1 aliphatic rings. The predicted molar refractivity (Wildman–Crippen MR) is 57.8 cm³/mol. The Bertz CT molecular complexity index is 362. The Hall–Kier alpha value is -1.51. The molecule has 80 valence electrons. The van der Waals surface area contributed by atoms with Gasteiger partial charge >= 0.3 is 6.09 Å². The lowest BCUT2D eigenvalue weighted by Crippen LogP contribution is -2.30. The molecule has 0 fully saturated rings. The third kappa shape index (κ3) is 2.29. The van der Waals surface area contributed by atoms with Gasteiger partial charge in [-0.3, -0.25) is 0 Å². The van der Waals surface area contributed by atoms with E-state index in [1.165, 1.54) is 11.1 Å². The minimum atomic E-state index is -0.334. The highest BCUT2D eigenvalue weighted by Crippen LogP contribution is 2.22. The number of nitrogens with one attached hydrogen (secondary N) is 1. The average molecular weight is 205 g/mol. The molecule has 0 aliphatic heterocycles. The highest BCUT2D eigenvalue weighted by Gasteiger charge is 2.20. The lowest BCUT2D eigenvalue weighted by Gasteiger charge is -2.24. The molecule has 0 bridgehead atoms. The zero-order valence-corrected chi connectivity index (χ0v) is 8.82. The van der Waals surface area contributed by atoms with Gasteiger partial charge in [0.05, 0.1) is 0 Å². The lowest BCUT2D eigenvalue weighted by molar-refractivity contribution is 0.0913. The summed E-state index contributed by atoms with van der Waals surface area (Å²) in [5.74, 6) is 0. The molecule has 1 aromatic rings. The van der Waals surface area contributed by atoms with Crippen LogP contribution < -0.4 is 5.32 Å². The fourth-order valence-corrected chi connectivity index (χ4v) is 1.98. The van der Waals surface area contributed by atoms with Crippen LogP contribution in [0.3, 0.4) is 0 Å². The summed E-state index contributed by atoms with van der Waals surface area (Å²) in [6, 6.07) is 8.33. The molecule has 2 rings (SSSR count). The molecule has 0 heterocycles. The SMILES string of the molecule is CNC(=O)OC1CCc2ccccc2C1. The summed E-state index contributed by atoms with van der Waals surface area (Å²) in [5.41, 5.74) is 2.69. The summed E-state index contributed by atoms with van der Waals surface area (Å²) in [5, 5.41) is 2.48. The van der Waals surface area contributed by atoms with Gasteiger partial charge in [0.15, 0.2) is 0 Å². The summed E-state index contributed by atoms with van der Waals surface area (Å²) in [6.45, 7) is 0. The van der Waals surface area contributed by atoms with Crippen LogP contribution >= 0.6 is 0 Å². The Balaban J connectivity index is 2.02. The van der Waals surface area contributed by atoms with Crippen molar-refractivity contribution in [3.63, 3.8) is 0 Å². The molecule has 1 atom stereocenters.